The van der Waals surface area contributed by atoms with E-state index in [9.17, 15) is 5.11 Å². The molecule has 1 aliphatic carbocycles. The molecule has 2 atom stereocenters. The zero-order chi connectivity index (χ0) is 16.2. The number of methoxy groups -OCH3 is 1. The normalized spacial score (nSPS) is 25.0. The molecule has 0 saturated carbocycles. The van der Waals surface area contributed by atoms with Crippen molar-refractivity contribution in [1.29, 1.82) is 0 Å². The van der Waals surface area contributed by atoms with Gasteiger partial charge >= 0.3 is 0 Å². The first-order chi connectivity index (χ1) is 11.2. The van der Waals surface area contributed by atoms with E-state index < -0.39 is 0 Å². The van der Waals surface area contributed by atoms with Crippen molar-refractivity contribution in [2.24, 2.45) is 5.92 Å². The molecule has 3 rings (SSSR count). The summed E-state index contributed by atoms with van der Waals surface area (Å²) < 4.78 is 5.17. The molecule has 3 nitrogen and oxygen atoms in total. The molecule has 1 aromatic rings. The maximum Gasteiger partial charge on any atom is 0.160 e. The van der Waals surface area contributed by atoms with E-state index in [1.54, 1.807) is 13.2 Å². The van der Waals surface area contributed by atoms with Crippen LogP contribution >= 0.6 is 11.6 Å². The number of nitrogens with one attached hydrogen (secondary N) is 1. The second-order valence-electron chi connectivity index (χ2n) is 6.10. The fourth-order valence-electron chi connectivity index (χ4n) is 3.06. The monoisotopic (exact) mass is 331 g/mol. The molecule has 0 radical (unpaired) electrons. The van der Waals surface area contributed by atoms with Gasteiger partial charge in [0.1, 0.15) is 0 Å². The predicted molar refractivity (Wildman–Crippen MR) is 94.0 cm³/mol. The van der Waals surface area contributed by atoms with Gasteiger partial charge in [0.05, 0.1) is 7.11 Å². The van der Waals surface area contributed by atoms with Crippen LogP contribution in [-0.4, -0.2) is 24.8 Å². The van der Waals surface area contributed by atoms with E-state index in [0.29, 0.717) is 17.7 Å². The van der Waals surface area contributed by atoms with Crippen molar-refractivity contribution in [3.63, 3.8) is 0 Å². The number of phenolic OH excluding ortho intramolecular Hbond substituents is 1. The molecule has 23 heavy (non-hydrogen) atoms. The summed E-state index contributed by atoms with van der Waals surface area (Å²) in [6.45, 7) is 0.908. The molecule has 4 heteroatoms. The van der Waals surface area contributed by atoms with Crippen LogP contribution in [0.5, 0.6) is 11.5 Å². The zero-order valence-electron chi connectivity index (χ0n) is 13.3. The Morgan fingerprint density at radius 1 is 1.30 bits per heavy atom. The van der Waals surface area contributed by atoms with Gasteiger partial charge in [0.25, 0.3) is 0 Å². The van der Waals surface area contributed by atoms with Crippen LogP contribution in [0.25, 0.3) is 0 Å². The van der Waals surface area contributed by atoms with Crippen LogP contribution in [0.1, 0.15) is 18.4 Å². The SMILES string of the molecule is COc1cc(CCC2/C=C/C3CC(=CC=C3Cl)CN2)ccc1O. The number of aryl methyl sites for hydroxylation is 1. The third kappa shape index (κ3) is 3.98. The number of hydrogen-bond donors (Lipinski definition) is 2. The van der Waals surface area contributed by atoms with E-state index in [4.69, 9.17) is 16.3 Å². The van der Waals surface area contributed by atoms with E-state index in [1.807, 2.05) is 18.2 Å². The molecule has 2 bridgehead atoms. The molecule has 1 aromatic carbocycles. The van der Waals surface area contributed by atoms with Crippen molar-refractivity contribution < 1.29 is 9.84 Å². The van der Waals surface area contributed by atoms with Gasteiger partial charge < -0.3 is 15.2 Å². The van der Waals surface area contributed by atoms with Crippen LogP contribution in [0.4, 0.5) is 0 Å². The Balaban J connectivity index is 1.64. The average molecular weight is 332 g/mol. The first kappa shape index (κ1) is 16.2. The lowest BCUT2D eigenvalue weighted by Crippen LogP contribution is -2.32. The number of rotatable bonds is 4. The van der Waals surface area contributed by atoms with Crippen molar-refractivity contribution in [1.82, 2.24) is 5.32 Å². The van der Waals surface area contributed by atoms with E-state index >= 15 is 0 Å². The highest BCUT2D eigenvalue weighted by molar-refractivity contribution is 6.30. The third-order valence-electron chi connectivity index (χ3n) is 4.47. The Morgan fingerprint density at radius 2 is 2.17 bits per heavy atom. The molecular weight excluding hydrogens is 310 g/mol. The molecule has 0 saturated heterocycles. The molecule has 2 aliphatic rings. The molecule has 0 spiro atoms. The topological polar surface area (TPSA) is 41.5 Å². The van der Waals surface area contributed by atoms with Gasteiger partial charge in [-0.15, -0.1) is 0 Å². The van der Waals surface area contributed by atoms with Gasteiger partial charge in [-0.05, 0) is 43.0 Å². The number of ether oxygens (including phenoxy) is 1. The third-order valence-corrected chi connectivity index (χ3v) is 4.88. The summed E-state index contributed by atoms with van der Waals surface area (Å²) in [6, 6.07) is 5.86. The first-order valence-electron chi connectivity index (χ1n) is 7.98. The smallest absolute Gasteiger partial charge is 0.160 e. The fraction of sp³-hybridized carbons (Fsp3) is 0.368. The van der Waals surface area contributed by atoms with E-state index in [0.717, 1.165) is 36.4 Å². The second-order valence-corrected chi connectivity index (χ2v) is 6.54. The summed E-state index contributed by atoms with van der Waals surface area (Å²) in [5, 5.41) is 14.2. The Kier molecular flexibility index (Phi) is 5.09. The van der Waals surface area contributed by atoms with Crippen LogP contribution in [0.15, 0.2) is 53.1 Å². The predicted octanol–water partition coefficient (Wildman–Crippen LogP) is 3.93. The molecule has 1 heterocycles. The largest absolute Gasteiger partial charge is 0.504 e. The Bertz CT molecular complexity index is 663. The van der Waals surface area contributed by atoms with E-state index in [2.05, 4.69) is 23.5 Å². The lowest BCUT2D eigenvalue weighted by molar-refractivity contribution is 0.373. The lowest BCUT2D eigenvalue weighted by Gasteiger charge is -2.25. The number of fused-ring (bicyclic) bond motifs is 2. The molecule has 0 amide bonds. The second kappa shape index (κ2) is 7.24. The van der Waals surface area contributed by atoms with E-state index in [1.165, 1.54) is 5.57 Å². The number of allylic oxidation sites excluding steroid dienone is 4. The highest BCUT2D eigenvalue weighted by atomic mass is 35.5. The summed E-state index contributed by atoms with van der Waals surface area (Å²) in [6.07, 6.45) is 11.5. The standard InChI is InChI=1S/C19H22ClNO2/c1-23-19-11-13(4-9-18(19)22)2-6-16-7-5-15-10-14(12-21-16)3-8-17(15)20/h3-5,7-9,11,15-16,21-22H,2,6,10,12H2,1H3/b7-5+. The Labute approximate surface area is 142 Å². The number of hydrogen-bond acceptors (Lipinski definition) is 3. The summed E-state index contributed by atoms with van der Waals surface area (Å²) in [5.41, 5.74) is 2.56. The minimum Gasteiger partial charge on any atom is -0.504 e. The quantitative estimate of drug-likeness (QED) is 0.821. The van der Waals surface area contributed by atoms with Crippen molar-refractivity contribution in [3.8, 4) is 11.5 Å². The molecule has 2 N–H and O–H groups in total. The highest BCUT2D eigenvalue weighted by Crippen LogP contribution is 2.30. The van der Waals surface area contributed by atoms with Gasteiger partial charge in [0, 0.05) is 23.5 Å². The van der Waals surface area contributed by atoms with Gasteiger partial charge in [0.2, 0.25) is 0 Å². The Hall–Kier alpha value is -1.71. The zero-order valence-corrected chi connectivity index (χ0v) is 14.0. The van der Waals surface area contributed by atoms with Crippen LogP contribution in [0.3, 0.4) is 0 Å². The average Bonchev–Trinajstić information content (AvgIpc) is 2.55. The lowest BCUT2D eigenvalue weighted by atomic mass is 9.90. The van der Waals surface area contributed by atoms with E-state index in [-0.39, 0.29) is 5.75 Å². The molecular formula is C19H22ClNO2. The summed E-state index contributed by atoms with van der Waals surface area (Å²) in [5.74, 6) is 1.04. The minimum absolute atomic E-state index is 0.182. The number of aromatic hydroxyl groups is 1. The van der Waals surface area contributed by atoms with Crippen molar-refractivity contribution in [3.05, 3.63) is 58.7 Å². The molecule has 2 unspecified atom stereocenters. The summed E-state index contributed by atoms with van der Waals surface area (Å²) in [7, 11) is 1.57. The van der Waals surface area contributed by atoms with Crippen molar-refractivity contribution >= 4 is 11.6 Å². The minimum atomic E-state index is 0.182. The maximum atomic E-state index is 9.66. The number of phenols is 1. The van der Waals surface area contributed by atoms with Gasteiger partial charge in [-0.3, -0.25) is 0 Å². The fourth-order valence-corrected chi connectivity index (χ4v) is 3.27. The van der Waals surface area contributed by atoms with Crippen LogP contribution in [0.2, 0.25) is 0 Å². The number of halogens is 1. The van der Waals surface area contributed by atoms with Gasteiger partial charge in [-0.2, -0.15) is 0 Å². The maximum absolute atomic E-state index is 9.66. The molecule has 1 aliphatic heterocycles. The highest BCUT2D eigenvalue weighted by Gasteiger charge is 2.19. The molecule has 122 valence electrons. The van der Waals surface area contributed by atoms with Crippen molar-refractivity contribution in [2.75, 3.05) is 13.7 Å². The van der Waals surface area contributed by atoms with Gasteiger partial charge in [-0.25, -0.2) is 0 Å². The van der Waals surface area contributed by atoms with Gasteiger partial charge in [0.15, 0.2) is 11.5 Å². The summed E-state index contributed by atoms with van der Waals surface area (Å²) in [4.78, 5) is 0. The Morgan fingerprint density at radius 3 is 3.00 bits per heavy atom. The van der Waals surface area contributed by atoms with Crippen LogP contribution in [0, 0.1) is 5.92 Å². The molecule has 0 fully saturated rings. The first-order valence-corrected chi connectivity index (χ1v) is 8.36. The number of benzene rings is 1. The van der Waals surface area contributed by atoms with Crippen LogP contribution < -0.4 is 10.1 Å². The summed E-state index contributed by atoms with van der Waals surface area (Å²) >= 11 is 6.28. The van der Waals surface area contributed by atoms with Crippen LogP contribution in [-0.2, 0) is 6.42 Å². The van der Waals surface area contributed by atoms with Crippen molar-refractivity contribution in [2.45, 2.75) is 25.3 Å². The van der Waals surface area contributed by atoms with Gasteiger partial charge in [-0.1, -0.05) is 41.5 Å². The molecule has 0 aromatic heterocycles.